The Morgan fingerprint density at radius 3 is 2.85 bits per heavy atom. The minimum atomic E-state index is -0.810. The summed E-state index contributed by atoms with van der Waals surface area (Å²) in [6.45, 7) is 4.87. The molecule has 0 unspecified atom stereocenters. The number of anilines is 1. The standard InChI is InChI=1S/C15H23N3O2/c1-2-17-11-12-4-3-5-13(10-12)18-14(19)15(16)6-8-20-9-7-15/h3-5,10,17H,2,6-9,11,16H2,1H3,(H,18,19). The van der Waals surface area contributed by atoms with Gasteiger partial charge in [0.05, 0.1) is 0 Å². The highest BCUT2D eigenvalue weighted by molar-refractivity contribution is 5.98. The molecule has 1 aliphatic rings. The lowest BCUT2D eigenvalue weighted by atomic mass is 9.90. The van der Waals surface area contributed by atoms with Gasteiger partial charge in [-0.15, -0.1) is 0 Å². The van der Waals surface area contributed by atoms with Crippen LogP contribution >= 0.6 is 0 Å². The highest BCUT2D eigenvalue weighted by Gasteiger charge is 2.35. The molecule has 1 heterocycles. The molecular weight excluding hydrogens is 254 g/mol. The lowest BCUT2D eigenvalue weighted by molar-refractivity contribution is -0.124. The molecule has 0 spiro atoms. The first-order valence-electron chi connectivity index (χ1n) is 7.12. The minimum absolute atomic E-state index is 0.124. The molecule has 110 valence electrons. The highest BCUT2D eigenvalue weighted by Crippen LogP contribution is 2.20. The van der Waals surface area contributed by atoms with Gasteiger partial charge in [-0.05, 0) is 37.1 Å². The van der Waals surface area contributed by atoms with E-state index in [0.29, 0.717) is 26.1 Å². The summed E-state index contributed by atoms with van der Waals surface area (Å²) < 4.78 is 5.26. The van der Waals surface area contributed by atoms with Crippen LogP contribution < -0.4 is 16.4 Å². The fourth-order valence-corrected chi connectivity index (χ4v) is 2.25. The second-order valence-electron chi connectivity index (χ2n) is 5.20. The number of rotatable bonds is 5. The van der Waals surface area contributed by atoms with Crippen molar-refractivity contribution >= 4 is 11.6 Å². The number of carbonyl (C=O) groups excluding carboxylic acids is 1. The number of benzene rings is 1. The van der Waals surface area contributed by atoms with Crippen molar-refractivity contribution in [3.05, 3.63) is 29.8 Å². The number of amides is 1. The number of nitrogens with two attached hydrogens (primary N) is 1. The minimum Gasteiger partial charge on any atom is -0.381 e. The number of nitrogens with one attached hydrogen (secondary N) is 2. The largest absolute Gasteiger partial charge is 0.381 e. The molecular formula is C15H23N3O2. The zero-order valence-corrected chi connectivity index (χ0v) is 11.9. The van der Waals surface area contributed by atoms with Gasteiger partial charge in [0.2, 0.25) is 5.91 Å². The monoisotopic (exact) mass is 277 g/mol. The number of ether oxygens (including phenoxy) is 1. The summed E-state index contributed by atoms with van der Waals surface area (Å²) in [4.78, 5) is 12.3. The topological polar surface area (TPSA) is 76.4 Å². The predicted molar refractivity (Wildman–Crippen MR) is 79.4 cm³/mol. The van der Waals surface area contributed by atoms with Crippen molar-refractivity contribution in [2.75, 3.05) is 25.1 Å². The van der Waals surface area contributed by atoms with E-state index >= 15 is 0 Å². The molecule has 1 aromatic carbocycles. The Hall–Kier alpha value is -1.43. The number of carbonyl (C=O) groups is 1. The molecule has 0 aromatic heterocycles. The van der Waals surface area contributed by atoms with Gasteiger partial charge in [0.1, 0.15) is 5.54 Å². The van der Waals surface area contributed by atoms with Gasteiger partial charge in [-0.3, -0.25) is 4.79 Å². The Labute approximate surface area is 119 Å². The summed E-state index contributed by atoms with van der Waals surface area (Å²) >= 11 is 0. The molecule has 0 saturated carbocycles. The van der Waals surface area contributed by atoms with E-state index < -0.39 is 5.54 Å². The van der Waals surface area contributed by atoms with E-state index in [1.54, 1.807) is 0 Å². The summed E-state index contributed by atoms with van der Waals surface area (Å²) in [7, 11) is 0. The second kappa shape index (κ2) is 6.83. The van der Waals surface area contributed by atoms with Gasteiger partial charge in [-0.2, -0.15) is 0 Å². The molecule has 5 heteroatoms. The summed E-state index contributed by atoms with van der Waals surface area (Å²) in [5, 5.41) is 6.18. The molecule has 1 aliphatic heterocycles. The second-order valence-corrected chi connectivity index (χ2v) is 5.20. The van der Waals surface area contributed by atoms with E-state index in [9.17, 15) is 4.79 Å². The molecule has 0 atom stereocenters. The fraction of sp³-hybridized carbons (Fsp3) is 0.533. The van der Waals surface area contributed by atoms with Crippen molar-refractivity contribution in [1.82, 2.24) is 5.32 Å². The zero-order chi connectivity index (χ0) is 14.4. The van der Waals surface area contributed by atoms with E-state index in [-0.39, 0.29) is 5.91 Å². The van der Waals surface area contributed by atoms with Crippen LogP contribution in [0.3, 0.4) is 0 Å². The van der Waals surface area contributed by atoms with Gasteiger partial charge in [-0.1, -0.05) is 19.1 Å². The van der Waals surface area contributed by atoms with Crippen molar-refractivity contribution in [3.63, 3.8) is 0 Å². The van der Waals surface area contributed by atoms with Crippen LogP contribution in [0.15, 0.2) is 24.3 Å². The highest BCUT2D eigenvalue weighted by atomic mass is 16.5. The van der Waals surface area contributed by atoms with Crippen LogP contribution in [0.1, 0.15) is 25.3 Å². The van der Waals surface area contributed by atoms with Crippen LogP contribution in [0.25, 0.3) is 0 Å². The summed E-state index contributed by atoms with van der Waals surface area (Å²) in [6, 6.07) is 7.83. The zero-order valence-electron chi connectivity index (χ0n) is 11.9. The van der Waals surface area contributed by atoms with E-state index in [2.05, 4.69) is 17.6 Å². The molecule has 1 fully saturated rings. The maximum absolute atomic E-state index is 12.3. The molecule has 1 saturated heterocycles. The van der Waals surface area contributed by atoms with Crippen molar-refractivity contribution in [3.8, 4) is 0 Å². The normalized spacial score (nSPS) is 17.7. The van der Waals surface area contributed by atoms with Crippen LogP contribution in [0.4, 0.5) is 5.69 Å². The SMILES string of the molecule is CCNCc1cccc(NC(=O)C2(N)CCOCC2)c1. The van der Waals surface area contributed by atoms with Gasteiger partial charge in [-0.25, -0.2) is 0 Å². The van der Waals surface area contributed by atoms with Crippen LogP contribution in [-0.4, -0.2) is 31.2 Å². The number of hydrogen-bond acceptors (Lipinski definition) is 4. The molecule has 2 rings (SSSR count). The van der Waals surface area contributed by atoms with Crippen molar-refractivity contribution in [1.29, 1.82) is 0 Å². The van der Waals surface area contributed by atoms with Crippen LogP contribution in [0.2, 0.25) is 0 Å². The fourth-order valence-electron chi connectivity index (χ4n) is 2.25. The Bertz CT molecular complexity index is 456. The first kappa shape index (κ1) is 15.0. The van der Waals surface area contributed by atoms with Gasteiger partial charge in [0, 0.05) is 25.4 Å². The van der Waals surface area contributed by atoms with E-state index in [4.69, 9.17) is 10.5 Å². The van der Waals surface area contributed by atoms with E-state index in [1.165, 1.54) is 0 Å². The third-order valence-electron chi connectivity index (χ3n) is 3.60. The maximum atomic E-state index is 12.3. The summed E-state index contributed by atoms with van der Waals surface area (Å²) in [5.41, 5.74) is 7.29. The average Bonchev–Trinajstić information content (AvgIpc) is 2.46. The molecule has 0 aliphatic carbocycles. The van der Waals surface area contributed by atoms with Crippen molar-refractivity contribution in [2.24, 2.45) is 5.73 Å². The molecule has 4 N–H and O–H groups in total. The third-order valence-corrected chi connectivity index (χ3v) is 3.60. The Balaban J connectivity index is 2.00. The Kier molecular flexibility index (Phi) is 5.11. The predicted octanol–water partition coefficient (Wildman–Crippen LogP) is 1.24. The maximum Gasteiger partial charge on any atom is 0.244 e. The summed E-state index contributed by atoms with van der Waals surface area (Å²) in [5.74, 6) is -0.124. The van der Waals surface area contributed by atoms with Crippen LogP contribution in [0, 0.1) is 0 Å². The molecule has 0 bridgehead atoms. The molecule has 1 amide bonds. The number of hydrogen-bond donors (Lipinski definition) is 3. The molecule has 0 radical (unpaired) electrons. The first-order chi connectivity index (χ1) is 9.64. The Morgan fingerprint density at radius 1 is 1.40 bits per heavy atom. The van der Waals surface area contributed by atoms with Crippen molar-refractivity contribution in [2.45, 2.75) is 31.8 Å². The molecule has 1 aromatic rings. The first-order valence-corrected chi connectivity index (χ1v) is 7.12. The van der Waals surface area contributed by atoms with Crippen LogP contribution in [0.5, 0.6) is 0 Å². The van der Waals surface area contributed by atoms with Gasteiger partial charge < -0.3 is 21.1 Å². The van der Waals surface area contributed by atoms with Crippen LogP contribution in [-0.2, 0) is 16.1 Å². The van der Waals surface area contributed by atoms with Gasteiger partial charge in [0.25, 0.3) is 0 Å². The van der Waals surface area contributed by atoms with Gasteiger partial charge >= 0.3 is 0 Å². The van der Waals surface area contributed by atoms with E-state index in [1.807, 2.05) is 24.3 Å². The Morgan fingerprint density at radius 2 is 2.15 bits per heavy atom. The molecule has 5 nitrogen and oxygen atoms in total. The third kappa shape index (κ3) is 3.79. The summed E-state index contributed by atoms with van der Waals surface area (Å²) in [6.07, 6.45) is 1.13. The van der Waals surface area contributed by atoms with Crippen molar-refractivity contribution < 1.29 is 9.53 Å². The quantitative estimate of drug-likeness (QED) is 0.757. The average molecular weight is 277 g/mol. The smallest absolute Gasteiger partial charge is 0.244 e. The van der Waals surface area contributed by atoms with E-state index in [0.717, 1.165) is 24.3 Å². The molecule has 20 heavy (non-hydrogen) atoms. The lowest BCUT2D eigenvalue weighted by Crippen LogP contribution is -2.54. The van der Waals surface area contributed by atoms with Gasteiger partial charge in [0.15, 0.2) is 0 Å². The lowest BCUT2D eigenvalue weighted by Gasteiger charge is -2.31.